The van der Waals surface area contributed by atoms with E-state index in [9.17, 15) is 5.11 Å². The number of aliphatic hydroxyl groups excluding tert-OH is 1. The fourth-order valence-electron chi connectivity index (χ4n) is 10.3. The molecule has 3 nitrogen and oxygen atoms in total. The van der Waals surface area contributed by atoms with E-state index in [1.165, 1.54) is 44.9 Å². The third-order valence-corrected chi connectivity index (χ3v) is 11.9. The van der Waals surface area contributed by atoms with Crippen molar-refractivity contribution in [1.82, 2.24) is 0 Å². The van der Waals surface area contributed by atoms with Gasteiger partial charge in [-0.2, -0.15) is 0 Å². The summed E-state index contributed by atoms with van der Waals surface area (Å²) in [5.41, 5.74) is 0.899. The Morgan fingerprint density at radius 2 is 1.63 bits per heavy atom. The molecule has 4 aliphatic carbocycles. The van der Waals surface area contributed by atoms with Gasteiger partial charge < -0.3 is 14.6 Å². The summed E-state index contributed by atoms with van der Waals surface area (Å²) in [6.45, 7) is 10.9. The molecular weight excluding hydrogens is 372 g/mol. The minimum Gasteiger partial charge on any atom is -0.393 e. The van der Waals surface area contributed by atoms with Crippen LogP contribution in [-0.4, -0.2) is 29.7 Å². The number of rotatable bonds is 0. The molecular formula is C27H44O3. The Bertz CT molecular complexity index is 684. The van der Waals surface area contributed by atoms with Crippen molar-refractivity contribution in [1.29, 1.82) is 0 Å². The standard InChI is InChI=1S/C27H44O3/c1-16-7-12-27(29-15-16)17(2)24-23(30-27)14-22-20-6-5-18-13-19(28)8-10-25(18,3)21(20)9-11-26(22,24)4/h16-24,28H,5-15H2,1-4H3/t16-,17-,18+,19-,20+,21-,22-,23-,24-,25-,26-,27-/m0/s1. The van der Waals surface area contributed by atoms with Gasteiger partial charge in [0.1, 0.15) is 0 Å². The lowest BCUT2D eigenvalue weighted by molar-refractivity contribution is -0.273. The molecule has 0 amide bonds. The zero-order valence-corrected chi connectivity index (χ0v) is 19.7. The quantitative estimate of drug-likeness (QED) is 0.543. The van der Waals surface area contributed by atoms with Crippen LogP contribution in [0.5, 0.6) is 0 Å². The summed E-state index contributed by atoms with van der Waals surface area (Å²) < 4.78 is 13.4. The van der Waals surface area contributed by atoms with E-state index >= 15 is 0 Å². The zero-order chi connectivity index (χ0) is 20.9. The fraction of sp³-hybridized carbons (Fsp3) is 1.00. The van der Waals surface area contributed by atoms with Crippen molar-refractivity contribution in [3.8, 4) is 0 Å². The zero-order valence-electron chi connectivity index (χ0n) is 19.7. The van der Waals surface area contributed by atoms with Crippen LogP contribution in [0, 0.1) is 52.3 Å². The van der Waals surface area contributed by atoms with Crippen LogP contribution in [0.1, 0.15) is 91.9 Å². The molecule has 0 aromatic heterocycles. The molecule has 6 fully saturated rings. The number of ether oxygens (including phenoxy) is 2. The Morgan fingerprint density at radius 3 is 2.40 bits per heavy atom. The minimum atomic E-state index is -0.282. The topological polar surface area (TPSA) is 38.7 Å². The summed E-state index contributed by atoms with van der Waals surface area (Å²) in [6, 6.07) is 0. The van der Waals surface area contributed by atoms with Gasteiger partial charge in [0, 0.05) is 12.3 Å². The molecule has 0 radical (unpaired) electrons. The summed E-state index contributed by atoms with van der Waals surface area (Å²) in [4.78, 5) is 0. The van der Waals surface area contributed by atoms with Gasteiger partial charge in [0.25, 0.3) is 0 Å². The first kappa shape index (κ1) is 20.5. The first-order chi connectivity index (χ1) is 14.3. The molecule has 2 heterocycles. The average molecular weight is 417 g/mol. The van der Waals surface area contributed by atoms with Crippen LogP contribution < -0.4 is 0 Å². The Balaban J connectivity index is 1.26. The largest absolute Gasteiger partial charge is 0.393 e. The summed E-state index contributed by atoms with van der Waals surface area (Å²) in [5.74, 6) is 4.93. The molecule has 3 heteroatoms. The van der Waals surface area contributed by atoms with Gasteiger partial charge in [-0.05, 0) is 104 Å². The smallest absolute Gasteiger partial charge is 0.171 e. The average Bonchev–Trinajstić information content (AvgIpc) is 3.16. The molecule has 0 aromatic carbocycles. The van der Waals surface area contributed by atoms with Gasteiger partial charge in [-0.15, -0.1) is 0 Å². The molecule has 6 aliphatic rings. The van der Waals surface area contributed by atoms with Crippen molar-refractivity contribution in [2.45, 2.75) is 110 Å². The van der Waals surface area contributed by atoms with Crippen molar-refractivity contribution in [2.75, 3.05) is 6.61 Å². The Kier molecular flexibility index (Phi) is 4.58. The van der Waals surface area contributed by atoms with Crippen molar-refractivity contribution in [3.05, 3.63) is 0 Å². The SMILES string of the molecule is C[C@H]1CC[C@]2(OC1)O[C@H]1C[C@H]3[C@@H]4CC[C@@H]5C[C@@H](O)CC[C@]5(C)[C@H]4CC[C@]3(C)[C@H]1[C@@H]2C. The van der Waals surface area contributed by atoms with Crippen LogP contribution in [0.2, 0.25) is 0 Å². The van der Waals surface area contributed by atoms with Crippen LogP contribution in [0.4, 0.5) is 0 Å². The third kappa shape index (κ3) is 2.61. The van der Waals surface area contributed by atoms with E-state index in [4.69, 9.17) is 9.47 Å². The van der Waals surface area contributed by atoms with Crippen LogP contribution in [0.15, 0.2) is 0 Å². The molecule has 0 aromatic rings. The normalized spacial score (nSPS) is 62.5. The molecule has 1 spiro atoms. The maximum Gasteiger partial charge on any atom is 0.171 e. The van der Waals surface area contributed by atoms with Gasteiger partial charge in [-0.3, -0.25) is 0 Å². The summed E-state index contributed by atoms with van der Waals surface area (Å²) in [7, 11) is 0. The molecule has 2 saturated heterocycles. The number of hydrogen-bond acceptors (Lipinski definition) is 3. The predicted molar refractivity (Wildman–Crippen MR) is 118 cm³/mol. The van der Waals surface area contributed by atoms with Gasteiger partial charge in [0.2, 0.25) is 0 Å². The van der Waals surface area contributed by atoms with Crippen molar-refractivity contribution >= 4 is 0 Å². The molecule has 0 unspecified atom stereocenters. The van der Waals surface area contributed by atoms with Gasteiger partial charge in [0.15, 0.2) is 5.79 Å². The number of fused-ring (bicyclic) bond motifs is 7. The molecule has 4 saturated carbocycles. The minimum absolute atomic E-state index is 0.0389. The van der Waals surface area contributed by atoms with Crippen LogP contribution in [0.25, 0.3) is 0 Å². The van der Waals surface area contributed by atoms with E-state index in [1.807, 2.05) is 0 Å². The molecule has 12 atom stereocenters. The molecule has 1 N–H and O–H groups in total. The lowest BCUT2D eigenvalue weighted by Crippen LogP contribution is -2.55. The van der Waals surface area contributed by atoms with E-state index in [0.717, 1.165) is 49.5 Å². The van der Waals surface area contributed by atoms with Gasteiger partial charge in [-0.1, -0.05) is 27.7 Å². The van der Waals surface area contributed by atoms with E-state index < -0.39 is 0 Å². The van der Waals surface area contributed by atoms with E-state index in [1.54, 1.807) is 0 Å². The second-order valence-corrected chi connectivity index (χ2v) is 13.1. The van der Waals surface area contributed by atoms with Crippen molar-refractivity contribution < 1.29 is 14.6 Å². The second kappa shape index (κ2) is 6.70. The first-order valence-corrected chi connectivity index (χ1v) is 13.3. The predicted octanol–water partition coefficient (Wildman–Crippen LogP) is 5.79. The number of hydrogen-bond donors (Lipinski definition) is 1. The van der Waals surface area contributed by atoms with Crippen LogP contribution in [0.3, 0.4) is 0 Å². The highest BCUT2D eigenvalue weighted by molar-refractivity contribution is 5.15. The number of aliphatic hydroxyl groups is 1. The Labute approximate surface area is 183 Å². The summed E-state index contributed by atoms with van der Waals surface area (Å²) in [6.07, 6.45) is 12.9. The molecule has 30 heavy (non-hydrogen) atoms. The lowest BCUT2D eigenvalue weighted by atomic mass is 9.44. The van der Waals surface area contributed by atoms with Crippen LogP contribution in [-0.2, 0) is 9.47 Å². The van der Waals surface area contributed by atoms with Crippen molar-refractivity contribution in [2.24, 2.45) is 52.3 Å². The maximum absolute atomic E-state index is 10.3. The molecule has 170 valence electrons. The highest BCUT2D eigenvalue weighted by Crippen LogP contribution is 2.71. The summed E-state index contributed by atoms with van der Waals surface area (Å²) >= 11 is 0. The van der Waals surface area contributed by atoms with Crippen LogP contribution >= 0.6 is 0 Å². The third-order valence-electron chi connectivity index (χ3n) is 11.9. The van der Waals surface area contributed by atoms with Crippen molar-refractivity contribution in [3.63, 3.8) is 0 Å². The highest BCUT2D eigenvalue weighted by Gasteiger charge is 2.69. The van der Waals surface area contributed by atoms with Gasteiger partial charge in [-0.25, -0.2) is 0 Å². The first-order valence-electron chi connectivity index (χ1n) is 13.3. The van der Waals surface area contributed by atoms with Gasteiger partial charge >= 0.3 is 0 Å². The van der Waals surface area contributed by atoms with E-state index in [2.05, 4.69) is 27.7 Å². The lowest BCUT2D eigenvalue weighted by Gasteiger charge is -2.61. The van der Waals surface area contributed by atoms with E-state index in [0.29, 0.717) is 34.7 Å². The Morgan fingerprint density at radius 1 is 0.833 bits per heavy atom. The monoisotopic (exact) mass is 416 g/mol. The molecule has 0 bridgehead atoms. The maximum atomic E-state index is 10.3. The molecule has 2 aliphatic heterocycles. The van der Waals surface area contributed by atoms with E-state index in [-0.39, 0.29) is 11.9 Å². The van der Waals surface area contributed by atoms with Gasteiger partial charge in [0.05, 0.1) is 18.8 Å². The Hall–Kier alpha value is -0.120. The highest BCUT2D eigenvalue weighted by atomic mass is 16.7. The fourth-order valence-corrected chi connectivity index (χ4v) is 10.3. The molecule has 6 rings (SSSR count). The summed E-state index contributed by atoms with van der Waals surface area (Å²) in [5, 5.41) is 10.3. The second-order valence-electron chi connectivity index (χ2n) is 13.1.